The average molecular weight is 481 g/mol. The van der Waals surface area contributed by atoms with Crippen molar-refractivity contribution in [2.45, 2.75) is 31.8 Å². The Morgan fingerprint density at radius 2 is 2.03 bits per heavy atom. The van der Waals surface area contributed by atoms with E-state index in [2.05, 4.69) is 31.2 Å². The van der Waals surface area contributed by atoms with E-state index in [1.165, 1.54) is 24.9 Å². The van der Waals surface area contributed by atoms with Gasteiger partial charge in [0.1, 0.15) is 18.0 Å². The van der Waals surface area contributed by atoms with Gasteiger partial charge in [0, 0.05) is 22.5 Å². The zero-order valence-corrected chi connectivity index (χ0v) is 18.0. The summed E-state index contributed by atoms with van der Waals surface area (Å²) in [5, 5.41) is 4.87. The summed E-state index contributed by atoms with van der Waals surface area (Å²) in [5.74, 6) is 1.48. The van der Waals surface area contributed by atoms with Crippen LogP contribution in [0.2, 0.25) is 5.02 Å². The summed E-state index contributed by atoms with van der Waals surface area (Å²) in [6.07, 6.45) is 5.89. The molecular formula is C21H20BrClFN3O2. The van der Waals surface area contributed by atoms with Crippen molar-refractivity contribution < 1.29 is 13.9 Å². The molecule has 4 rings (SSSR count). The molecule has 0 unspecified atom stereocenters. The first-order valence-electron chi connectivity index (χ1n) is 9.50. The van der Waals surface area contributed by atoms with E-state index in [1.54, 1.807) is 6.07 Å². The summed E-state index contributed by atoms with van der Waals surface area (Å²) in [6, 6.07) is 8.23. The lowest BCUT2D eigenvalue weighted by Gasteiger charge is -2.27. The maximum atomic E-state index is 13.5. The number of fused-ring (bicyclic) bond motifs is 1. The summed E-state index contributed by atoms with van der Waals surface area (Å²) in [4.78, 5) is 8.73. The van der Waals surface area contributed by atoms with Crippen LogP contribution in [0.3, 0.4) is 0 Å². The van der Waals surface area contributed by atoms with Gasteiger partial charge in [-0.05, 0) is 49.9 Å². The number of alkyl halides is 1. The minimum atomic E-state index is -0.468. The molecule has 1 N–H and O–H groups in total. The third-order valence-corrected chi connectivity index (χ3v) is 5.61. The zero-order chi connectivity index (χ0) is 20.2. The van der Waals surface area contributed by atoms with Gasteiger partial charge >= 0.3 is 0 Å². The van der Waals surface area contributed by atoms with Gasteiger partial charge in [-0.3, -0.25) is 0 Å². The molecule has 0 atom stereocenters. The average Bonchev–Trinajstić information content (AvgIpc) is 2.68. The highest BCUT2D eigenvalue weighted by atomic mass is 79.9. The number of rotatable bonds is 8. The largest absolute Gasteiger partial charge is 0.490 e. The smallest absolute Gasteiger partial charge is 0.163 e. The molecule has 0 amide bonds. The van der Waals surface area contributed by atoms with E-state index in [1.807, 2.05) is 12.1 Å². The second kappa shape index (κ2) is 9.13. The van der Waals surface area contributed by atoms with E-state index in [4.69, 9.17) is 21.1 Å². The van der Waals surface area contributed by atoms with Crippen LogP contribution in [0, 0.1) is 5.82 Å². The van der Waals surface area contributed by atoms with Gasteiger partial charge in [0.05, 0.1) is 23.3 Å². The van der Waals surface area contributed by atoms with E-state index in [0.29, 0.717) is 29.6 Å². The Kier molecular flexibility index (Phi) is 6.35. The van der Waals surface area contributed by atoms with Crippen molar-refractivity contribution in [2.24, 2.45) is 0 Å². The van der Waals surface area contributed by atoms with Crippen LogP contribution in [-0.2, 0) is 0 Å². The van der Waals surface area contributed by atoms with Crippen LogP contribution in [0.4, 0.5) is 15.9 Å². The summed E-state index contributed by atoms with van der Waals surface area (Å²) in [7, 11) is 0. The van der Waals surface area contributed by atoms with Gasteiger partial charge in [0.25, 0.3) is 0 Å². The first-order chi connectivity index (χ1) is 14.1. The molecule has 152 valence electrons. The van der Waals surface area contributed by atoms with Crippen LogP contribution < -0.4 is 14.8 Å². The molecule has 5 nitrogen and oxygen atoms in total. The summed E-state index contributed by atoms with van der Waals surface area (Å²) in [5.41, 5.74) is 1.37. The molecule has 1 aromatic heterocycles. The molecule has 8 heteroatoms. The molecule has 29 heavy (non-hydrogen) atoms. The number of ether oxygens (including phenoxy) is 2. The van der Waals surface area contributed by atoms with Gasteiger partial charge in [-0.1, -0.05) is 27.5 Å². The Morgan fingerprint density at radius 3 is 2.76 bits per heavy atom. The van der Waals surface area contributed by atoms with Crippen LogP contribution in [0.5, 0.6) is 11.5 Å². The third-order valence-electron chi connectivity index (χ3n) is 4.76. The molecule has 0 bridgehead atoms. The Labute approximate surface area is 181 Å². The number of anilines is 2. The molecule has 0 spiro atoms. The molecule has 0 saturated heterocycles. The predicted molar refractivity (Wildman–Crippen MR) is 116 cm³/mol. The van der Waals surface area contributed by atoms with Gasteiger partial charge < -0.3 is 14.8 Å². The number of hydrogen-bond acceptors (Lipinski definition) is 5. The highest BCUT2D eigenvalue weighted by Crippen LogP contribution is 2.38. The lowest BCUT2D eigenvalue weighted by Crippen LogP contribution is -2.24. The highest BCUT2D eigenvalue weighted by Gasteiger charge is 2.22. The van der Waals surface area contributed by atoms with Crippen molar-refractivity contribution in [3.8, 4) is 11.5 Å². The molecular weight excluding hydrogens is 461 g/mol. The fourth-order valence-corrected chi connectivity index (χ4v) is 3.39. The molecule has 2 aromatic carbocycles. The van der Waals surface area contributed by atoms with Crippen molar-refractivity contribution >= 4 is 49.9 Å². The molecule has 3 aromatic rings. The van der Waals surface area contributed by atoms with Crippen LogP contribution in [0.1, 0.15) is 25.7 Å². The predicted octanol–water partition coefficient (Wildman–Crippen LogP) is 6.26. The van der Waals surface area contributed by atoms with E-state index in [9.17, 15) is 4.39 Å². The fraction of sp³-hybridized carbons (Fsp3) is 0.333. The summed E-state index contributed by atoms with van der Waals surface area (Å²) < 4.78 is 25.6. The molecule has 0 aliphatic heterocycles. The molecule has 1 aliphatic rings. The van der Waals surface area contributed by atoms with E-state index < -0.39 is 5.82 Å². The summed E-state index contributed by atoms with van der Waals surface area (Å²) >= 11 is 9.32. The quantitative estimate of drug-likeness (QED) is 0.304. The number of nitrogens with zero attached hydrogens (tertiary/aromatic N) is 2. The minimum Gasteiger partial charge on any atom is -0.490 e. The van der Waals surface area contributed by atoms with Crippen LogP contribution in [-0.4, -0.2) is 28.0 Å². The maximum absolute atomic E-state index is 13.5. The molecule has 1 fully saturated rings. The first-order valence-corrected chi connectivity index (χ1v) is 11.0. The van der Waals surface area contributed by atoms with Crippen molar-refractivity contribution in [1.82, 2.24) is 9.97 Å². The van der Waals surface area contributed by atoms with E-state index >= 15 is 0 Å². The van der Waals surface area contributed by atoms with Gasteiger partial charge in [0.2, 0.25) is 0 Å². The minimum absolute atomic E-state index is 0.0448. The van der Waals surface area contributed by atoms with E-state index in [0.717, 1.165) is 35.5 Å². The number of hydrogen-bond donors (Lipinski definition) is 1. The van der Waals surface area contributed by atoms with Gasteiger partial charge in [-0.25, -0.2) is 14.4 Å². The Bertz CT molecular complexity index is 1020. The van der Waals surface area contributed by atoms with Crippen LogP contribution in [0.15, 0.2) is 36.7 Å². The number of halogens is 3. The third kappa shape index (κ3) is 4.73. The van der Waals surface area contributed by atoms with Gasteiger partial charge in [0.15, 0.2) is 11.5 Å². The van der Waals surface area contributed by atoms with E-state index in [-0.39, 0.29) is 11.1 Å². The normalized spacial score (nSPS) is 13.9. The molecule has 0 radical (unpaired) electrons. The molecule has 1 saturated carbocycles. The SMILES string of the molecule is Fc1ccc(Nc2ncnc3cc(OC4CCC4)c(OCCCBr)cc23)cc1Cl. The lowest BCUT2D eigenvalue weighted by molar-refractivity contribution is 0.114. The molecule has 1 aliphatic carbocycles. The van der Waals surface area contributed by atoms with Crippen molar-refractivity contribution in [1.29, 1.82) is 0 Å². The number of benzene rings is 2. The fourth-order valence-electron chi connectivity index (χ4n) is 2.98. The first kappa shape index (κ1) is 20.2. The summed E-state index contributed by atoms with van der Waals surface area (Å²) in [6.45, 7) is 0.571. The van der Waals surface area contributed by atoms with Crippen molar-refractivity contribution in [3.05, 3.63) is 47.5 Å². The lowest BCUT2D eigenvalue weighted by atomic mass is 9.96. The van der Waals surface area contributed by atoms with Crippen molar-refractivity contribution in [2.75, 3.05) is 17.3 Å². The Hall–Kier alpha value is -2.12. The maximum Gasteiger partial charge on any atom is 0.163 e. The second-order valence-corrected chi connectivity index (χ2v) is 8.05. The van der Waals surface area contributed by atoms with Crippen LogP contribution in [0.25, 0.3) is 10.9 Å². The zero-order valence-electron chi connectivity index (χ0n) is 15.6. The monoisotopic (exact) mass is 479 g/mol. The Morgan fingerprint density at radius 1 is 1.17 bits per heavy atom. The standard InChI is InChI=1S/C21H20BrClFN3O2/c22-7-2-8-28-19-10-15-18(11-20(19)29-14-3-1-4-14)25-12-26-21(15)27-13-5-6-17(24)16(23)9-13/h5-6,9-12,14H,1-4,7-8H2,(H,25,26,27). The number of aromatic nitrogens is 2. The molecule has 1 heterocycles. The van der Waals surface area contributed by atoms with Gasteiger partial charge in [-0.15, -0.1) is 0 Å². The Balaban J connectivity index is 1.69. The van der Waals surface area contributed by atoms with Gasteiger partial charge in [-0.2, -0.15) is 0 Å². The highest BCUT2D eigenvalue weighted by molar-refractivity contribution is 9.09. The topological polar surface area (TPSA) is 56.3 Å². The van der Waals surface area contributed by atoms with Crippen LogP contribution >= 0.6 is 27.5 Å². The number of nitrogens with one attached hydrogen (secondary N) is 1. The van der Waals surface area contributed by atoms with Crippen molar-refractivity contribution in [3.63, 3.8) is 0 Å². The second-order valence-electron chi connectivity index (χ2n) is 6.85.